The van der Waals surface area contributed by atoms with E-state index in [-0.39, 0.29) is 30.3 Å². The number of nitro benzene ring substituents is 1. The second-order valence-corrected chi connectivity index (χ2v) is 8.11. The van der Waals surface area contributed by atoms with Crippen LogP contribution in [0.25, 0.3) is 11.0 Å². The van der Waals surface area contributed by atoms with E-state index in [4.69, 9.17) is 9.37 Å². The van der Waals surface area contributed by atoms with Gasteiger partial charge in [0.15, 0.2) is 5.52 Å². The van der Waals surface area contributed by atoms with E-state index in [1.807, 2.05) is 6.92 Å². The maximum atomic E-state index is 11.6. The fourth-order valence-electron chi connectivity index (χ4n) is 3.30. The van der Waals surface area contributed by atoms with Crippen molar-refractivity contribution in [2.24, 2.45) is 0 Å². The second kappa shape index (κ2) is 9.72. The fourth-order valence-corrected chi connectivity index (χ4v) is 4.66. The first-order valence-electron chi connectivity index (χ1n) is 9.60. The Hall–Kier alpha value is -2.36. The predicted octanol–water partition coefficient (Wildman–Crippen LogP) is 4.31. The van der Waals surface area contributed by atoms with Gasteiger partial charge in [0, 0.05) is 23.1 Å². The number of esters is 1. The number of hydrogen-bond acceptors (Lipinski definition) is 9. The van der Waals surface area contributed by atoms with Gasteiger partial charge in [-0.15, -0.1) is 11.8 Å². The van der Waals surface area contributed by atoms with Gasteiger partial charge in [0.2, 0.25) is 5.52 Å². The maximum Gasteiger partial charge on any atom is 0.323 e. The predicted molar refractivity (Wildman–Crippen MR) is 106 cm³/mol. The summed E-state index contributed by atoms with van der Waals surface area (Å²) in [7, 11) is 0. The minimum atomic E-state index is -0.493. The average Bonchev–Trinajstić information content (AvgIpc) is 3.16. The first-order chi connectivity index (χ1) is 13.6. The topological polar surface area (TPSA) is 120 Å². The highest BCUT2D eigenvalue weighted by atomic mass is 32.2. The summed E-state index contributed by atoms with van der Waals surface area (Å²) >= 11 is 1.67. The maximum absolute atomic E-state index is 11.6. The molecular weight excluding hydrogens is 384 g/mol. The van der Waals surface area contributed by atoms with E-state index in [1.54, 1.807) is 17.8 Å². The van der Waals surface area contributed by atoms with Gasteiger partial charge in [0.25, 0.3) is 0 Å². The Bertz CT molecular complexity index is 835. The molecule has 1 fully saturated rings. The number of carbonyl (C=O) groups excluding carboxylic acids is 1. The van der Waals surface area contributed by atoms with Crippen LogP contribution in [0, 0.1) is 10.1 Å². The van der Waals surface area contributed by atoms with Crippen LogP contribution >= 0.6 is 11.8 Å². The molecule has 0 amide bonds. The summed E-state index contributed by atoms with van der Waals surface area (Å²) in [6, 6.07) is 1.73. The molecule has 152 valence electrons. The van der Waals surface area contributed by atoms with Gasteiger partial charge in [-0.05, 0) is 35.6 Å². The monoisotopic (exact) mass is 408 g/mol. The summed E-state index contributed by atoms with van der Waals surface area (Å²) in [6.45, 7) is 2.30. The summed E-state index contributed by atoms with van der Waals surface area (Å²) in [4.78, 5) is 23.4. The lowest BCUT2D eigenvalue weighted by Gasteiger charge is -2.21. The molecule has 0 spiro atoms. The molecular formula is C18H24N4O5S. The molecule has 0 bridgehead atoms. The van der Waals surface area contributed by atoms with Crippen LogP contribution in [0.5, 0.6) is 0 Å². The minimum Gasteiger partial charge on any atom is -0.464 e. The lowest BCUT2D eigenvalue weighted by molar-refractivity contribution is -0.382. The van der Waals surface area contributed by atoms with Gasteiger partial charge < -0.3 is 10.1 Å². The molecule has 0 atom stereocenters. The molecule has 0 saturated heterocycles. The zero-order valence-electron chi connectivity index (χ0n) is 15.8. The van der Waals surface area contributed by atoms with Crippen molar-refractivity contribution in [2.75, 3.05) is 18.5 Å². The summed E-state index contributed by atoms with van der Waals surface area (Å²) in [5.74, 6) is -0.275. The Morgan fingerprint density at radius 3 is 2.82 bits per heavy atom. The molecule has 1 aliphatic rings. The van der Waals surface area contributed by atoms with Crippen LogP contribution in [0.1, 0.15) is 51.9 Å². The average molecular weight is 408 g/mol. The highest BCUT2D eigenvalue weighted by Crippen LogP contribution is 2.42. The number of nitrogens with one attached hydrogen (secondary N) is 1. The van der Waals surface area contributed by atoms with Gasteiger partial charge in [-0.1, -0.05) is 26.2 Å². The van der Waals surface area contributed by atoms with E-state index in [2.05, 4.69) is 15.6 Å². The van der Waals surface area contributed by atoms with Crippen molar-refractivity contribution < 1.29 is 19.1 Å². The number of nitro groups is 1. The molecule has 1 aromatic carbocycles. The summed E-state index contributed by atoms with van der Waals surface area (Å²) in [5, 5.41) is 22.8. The SMILES string of the molecule is CCCC(=O)OCCNc1cc(SC2CCCCC2)c2nonc2c1[N+](=O)[O-]. The lowest BCUT2D eigenvalue weighted by atomic mass is 10.0. The largest absolute Gasteiger partial charge is 0.464 e. The highest BCUT2D eigenvalue weighted by molar-refractivity contribution is 8.00. The molecule has 2 aromatic rings. The Labute approximate surface area is 166 Å². The van der Waals surface area contributed by atoms with E-state index < -0.39 is 4.92 Å². The Morgan fingerprint density at radius 1 is 1.36 bits per heavy atom. The normalized spacial score (nSPS) is 14.9. The van der Waals surface area contributed by atoms with Crippen LogP contribution in [0.3, 0.4) is 0 Å². The second-order valence-electron chi connectivity index (χ2n) is 6.76. The van der Waals surface area contributed by atoms with Gasteiger partial charge in [0.05, 0.1) is 4.92 Å². The summed E-state index contributed by atoms with van der Waals surface area (Å²) in [6.07, 6.45) is 6.95. The molecule has 9 nitrogen and oxygen atoms in total. The molecule has 3 rings (SSSR count). The first-order valence-corrected chi connectivity index (χ1v) is 10.5. The number of thioether (sulfide) groups is 1. The third-order valence-electron chi connectivity index (χ3n) is 4.64. The molecule has 1 N–H and O–H groups in total. The van der Waals surface area contributed by atoms with Crippen molar-refractivity contribution in [1.82, 2.24) is 10.3 Å². The third kappa shape index (κ3) is 4.92. The van der Waals surface area contributed by atoms with E-state index in [1.165, 1.54) is 19.3 Å². The van der Waals surface area contributed by atoms with Gasteiger partial charge >= 0.3 is 11.7 Å². The van der Waals surface area contributed by atoms with Crippen LogP contribution in [0.2, 0.25) is 0 Å². The molecule has 10 heteroatoms. The molecule has 0 aliphatic heterocycles. The van der Waals surface area contributed by atoms with Gasteiger partial charge in [-0.3, -0.25) is 14.9 Å². The first kappa shape index (κ1) is 20.4. The van der Waals surface area contributed by atoms with Gasteiger partial charge in [-0.2, -0.15) is 0 Å². The number of nitrogens with zero attached hydrogens (tertiary/aromatic N) is 3. The van der Waals surface area contributed by atoms with E-state index in [0.29, 0.717) is 22.9 Å². The van der Waals surface area contributed by atoms with E-state index in [9.17, 15) is 14.9 Å². The summed E-state index contributed by atoms with van der Waals surface area (Å²) < 4.78 is 9.92. The van der Waals surface area contributed by atoms with Crippen LogP contribution < -0.4 is 5.32 Å². The van der Waals surface area contributed by atoms with Crippen LogP contribution in [0.4, 0.5) is 11.4 Å². The lowest BCUT2D eigenvalue weighted by Crippen LogP contribution is -2.14. The molecule has 1 aromatic heterocycles. The Kier molecular flexibility index (Phi) is 7.07. The Morgan fingerprint density at radius 2 is 2.11 bits per heavy atom. The third-order valence-corrected chi connectivity index (χ3v) is 6.01. The highest BCUT2D eigenvalue weighted by Gasteiger charge is 2.27. The van der Waals surface area contributed by atoms with Crippen LogP contribution in [-0.2, 0) is 9.53 Å². The van der Waals surface area contributed by atoms with Gasteiger partial charge in [-0.25, -0.2) is 4.63 Å². The van der Waals surface area contributed by atoms with Crippen molar-refractivity contribution in [1.29, 1.82) is 0 Å². The van der Waals surface area contributed by atoms with Crippen molar-refractivity contribution in [3.63, 3.8) is 0 Å². The smallest absolute Gasteiger partial charge is 0.323 e. The minimum absolute atomic E-state index is 0.135. The molecule has 1 aliphatic carbocycles. The zero-order valence-corrected chi connectivity index (χ0v) is 16.6. The van der Waals surface area contributed by atoms with Crippen molar-refractivity contribution in [3.05, 3.63) is 16.2 Å². The number of benzene rings is 1. The number of anilines is 1. The molecule has 1 heterocycles. The fraction of sp³-hybridized carbons (Fsp3) is 0.611. The standard InChI is InChI=1S/C18H24N4O5S/c1-2-6-15(23)26-10-9-19-13-11-14(28-12-7-4-3-5-8-12)16-17(21-27-20-16)18(13)22(24)25/h11-12,19H,2-10H2,1H3. The van der Waals surface area contributed by atoms with Crippen LogP contribution in [0.15, 0.2) is 15.6 Å². The molecule has 0 unspecified atom stereocenters. The summed E-state index contributed by atoms with van der Waals surface area (Å²) in [5.41, 5.74) is 0.709. The van der Waals surface area contributed by atoms with Gasteiger partial charge in [0.1, 0.15) is 12.3 Å². The zero-order chi connectivity index (χ0) is 19.9. The van der Waals surface area contributed by atoms with Crippen molar-refractivity contribution in [3.8, 4) is 0 Å². The molecule has 0 radical (unpaired) electrons. The van der Waals surface area contributed by atoms with Crippen molar-refractivity contribution >= 4 is 40.1 Å². The van der Waals surface area contributed by atoms with Crippen LogP contribution in [-0.4, -0.2) is 39.6 Å². The Balaban J connectivity index is 1.79. The number of ether oxygens (including phenoxy) is 1. The number of fused-ring (bicyclic) bond motifs is 1. The number of carbonyl (C=O) groups is 1. The molecule has 1 saturated carbocycles. The quantitative estimate of drug-likeness (QED) is 0.280. The van der Waals surface area contributed by atoms with Crippen molar-refractivity contribution in [2.45, 2.75) is 62.0 Å². The number of hydrogen-bond donors (Lipinski definition) is 1. The van der Waals surface area contributed by atoms with E-state index >= 15 is 0 Å². The number of aromatic nitrogens is 2. The number of rotatable bonds is 9. The van der Waals surface area contributed by atoms with E-state index in [0.717, 1.165) is 24.2 Å². The molecule has 28 heavy (non-hydrogen) atoms.